The lowest BCUT2D eigenvalue weighted by molar-refractivity contribution is 0.0696. The predicted molar refractivity (Wildman–Crippen MR) is 70.0 cm³/mol. The van der Waals surface area contributed by atoms with Crippen molar-refractivity contribution in [3.8, 4) is 0 Å². The Bertz CT molecular complexity index is 607. The van der Waals surface area contributed by atoms with E-state index in [0.29, 0.717) is 4.34 Å². The zero-order valence-corrected chi connectivity index (χ0v) is 11.0. The van der Waals surface area contributed by atoms with Gasteiger partial charge >= 0.3 is 5.97 Å². The Labute approximate surface area is 116 Å². The number of carboxylic acid groups (broad SMARTS) is 1. The number of carboxylic acids is 1. The highest BCUT2D eigenvalue weighted by Crippen LogP contribution is 2.25. The van der Waals surface area contributed by atoms with Gasteiger partial charge in [-0.3, -0.25) is 0 Å². The average molecular weight is 304 g/mol. The number of hydrogen-bond donors (Lipinski definition) is 2. The maximum atomic E-state index is 13.6. The van der Waals surface area contributed by atoms with E-state index in [9.17, 15) is 13.6 Å². The molecule has 0 aliphatic carbocycles. The van der Waals surface area contributed by atoms with Gasteiger partial charge in [0.15, 0.2) is 0 Å². The van der Waals surface area contributed by atoms with E-state index < -0.39 is 23.2 Å². The average Bonchev–Trinajstić information content (AvgIpc) is 2.73. The maximum absolute atomic E-state index is 13.6. The molecule has 0 fully saturated rings. The number of aromatic carboxylic acids is 1. The molecule has 0 saturated carbocycles. The van der Waals surface area contributed by atoms with Crippen LogP contribution in [-0.2, 0) is 6.54 Å². The van der Waals surface area contributed by atoms with Crippen molar-refractivity contribution < 1.29 is 18.7 Å². The molecule has 3 nitrogen and oxygen atoms in total. The fourth-order valence-corrected chi connectivity index (χ4v) is 2.52. The Hall–Kier alpha value is -1.66. The maximum Gasteiger partial charge on any atom is 0.335 e. The van der Waals surface area contributed by atoms with E-state index in [-0.39, 0.29) is 12.2 Å². The van der Waals surface area contributed by atoms with Crippen LogP contribution in [0.25, 0.3) is 0 Å². The third-order valence-electron chi connectivity index (χ3n) is 2.36. The first-order valence-electron chi connectivity index (χ1n) is 5.18. The Morgan fingerprint density at radius 1 is 1.32 bits per heavy atom. The second-order valence-corrected chi connectivity index (χ2v) is 5.48. The molecule has 0 amide bonds. The van der Waals surface area contributed by atoms with Gasteiger partial charge in [-0.05, 0) is 24.3 Å². The summed E-state index contributed by atoms with van der Waals surface area (Å²) < 4.78 is 27.8. The topological polar surface area (TPSA) is 49.3 Å². The van der Waals surface area contributed by atoms with Crippen molar-refractivity contribution in [1.82, 2.24) is 0 Å². The number of anilines is 1. The highest BCUT2D eigenvalue weighted by molar-refractivity contribution is 7.16. The molecule has 2 rings (SSSR count). The molecule has 7 heteroatoms. The van der Waals surface area contributed by atoms with Crippen LogP contribution >= 0.6 is 22.9 Å². The normalized spacial score (nSPS) is 10.5. The first-order valence-corrected chi connectivity index (χ1v) is 6.37. The molecule has 0 atom stereocenters. The molecular weight excluding hydrogens is 296 g/mol. The van der Waals surface area contributed by atoms with Crippen LogP contribution in [0.15, 0.2) is 24.3 Å². The molecule has 0 unspecified atom stereocenters. The highest BCUT2D eigenvalue weighted by atomic mass is 35.5. The molecule has 0 radical (unpaired) electrons. The largest absolute Gasteiger partial charge is 0.478 e. The van der Waals surface area contributed by atoms with E-state index in [1.807, 2.05) is 0 Å². The number of benzene rings is 1. The van der Waals surface area contributed by atoms with Gasteiger partial charge in [0.2, 0.25) is 0 Å². The van der Waals surface area contributed by atoms with Gasteiger partial charge in [0, 0.05) is 11.4 Å². The molecule has 2 aromatic rings. The van der Waals surface area contributed by atoms with Crippen LogP contribution in [-0.4, -0.2) is 11.1 Å². The third kappa shape index (κ3) is 3.21. The molecular formula is C12H8ClF2NO2S. The quantitative estimate of drug-likeness (QED) is 0.898. The molecule has 1 aromatic carbocycles. The Morgan fingerprint density at radius 2 is 1.95 bits per heavy atom. The minimum Gasteiger partial charge on any atom is -0.478 e. The predicted octanol–water partition coefficient (Wildman–Crippen LogP) is 3.99. The van der Waals surface area contributed by atoms with Gasteiger partial charge in [0.05, 0.1) is 9.90 Å². The van der Waals surface area contributed by atoms with E-state index >= 15 is 0 Å². The summed E-state index contributed by atoms with van der Waals surface area (Å²) in [7, 11) is 0. The first kappa shape index (κ1) is 13.8. The van der Waals surface area contributed by atoms with E-state index in [4.69, 9.17) is 16.7 Å². The fraction of sp³-hybridized carbons (Fsp3) is 0.0833. The lowest BCUT2D eigenvalue weighted by Crippen LogP contribution is -2.06. The second-order valence-electron chi connectivity index (χ2n) is 3.68. The van der Waals surface area contributed by atoms with Crippen molar-refractivity contribution in [3.63, 3.8) is 0 Å². The van der Waals surface area contributed by atoms with Crippen molar-refractivity contribution >= 4 is 34.6 Å². The van der Waals surface area contributed by atoms with Crippen LogP contribution in [0, 0.1) is 11.6 Å². The molecule has 0 saturated heterocycles. The molecule has 0 spiro atoms. The van der Waals surface area contributed by atoms with Gasteiger partial charge in [-0.15, -0.1) is 11.3 Å². The smallest absolute Gasteiger partial charge is 0.335 e. The number of carbonyl (C=O) groups is 1. The van der Waals surface area contributed by atoms with Gasteiger partial charge in [-0.1, -0.05) is 11.6 Å². The Morgan fingerprint density at radius 3 is 2.42 bits per heavy atom. The van der Waals surface area contributed by atoms with Crippen molar-refractivity contribution in [2.24, 2.45) is 0 Å². The van der Waals surface area contributed by atoms with Crippen LogP contribution in [0.2, 0.25) is 4.34 Å². The highest BCUT2D eigenvalue weighted by Gasteiger charge is 2.14. The summed E-state index contributed by atoms with van der Waals surface area (Å²) in [5.41, 5.74) is -0.783. The van der Waals surface area contributed by atoms with E-state index in [2.05, 4.69) is 5.32 Å². The minimum atomic E-state index is -1.38. The van der Waals surface area contributed by atoms with Gasteiger partial charge < -0.3 is 10.4 Å². The molecule has 1 aromatic heterocycles. The fourth-order valence-electron chi connectivity index (χ4n) is 1.49. The van der Waals surface area contributed by atoms with Crippen molar-refractivity contribution in [2.75, 3.05) is 5.32 Å². The van der Waals surface area contributed by atoms with Crippen molar-refractivity contribution in [3.05, 3.63) is 50.7 Å². The lowest BCUT2D eigenvalue weighted by atomic mass is 10.2. The first-order chi connectivity index (χ1) is 8.97. The van der Waals surface area contributed by atoms with Crippen molar-refractivity contribution in [1.29, 1.82) is 0 Å². The third-order valence-corrected chi connectivity index (χ3v) is 3.59. The van der Waals surface area contributed by atoms with Gasteiger partial charge in [0.1, 0.15) is 17.3 Å². The summed E-state index contributed by atoms with van der Waals surface area (Å²) in [6.07, 6.45) is 0. The van der Waals surface area contributed by atoms with Gasteiger partial charge in [0.25, 0.3) is 0 Å². The van der Waals surface area contributed by atoms with E-state index in [0.717, 1.165) is 17.0 Å². The number of rotatable bonds is 4. The lowest BCUT2D eigenvalue weighted by Gasteiger charge is -2.08. The SMILES string of the molecule is O=C(O)c1cc(F)c(NCc2ccc(Cl)s2)c(F)c1. The number of hydrogen-bond acceptors (Lipinski definition) is 3. The minimum absolute atomic E-state index is 0.206. The van der Waals surface area contributed by atoms with Crippen LogP contribution in [0.3, 0.4) is 0 Å². The zero-order chi connectivity index (χ0) is 14.0. The summed E-state index contributed by atoms with van der Waals surface area (Å²) in [5, 5.41) is 11.3. The second kappa shape index (κ2) is 5.54. The summed E-state index contributed by atoms with van der Waals surface area (Å²) >= 11 is 7.03. The Balaban J connectivity index is 2.18. The van der Waals surface area contributed by atoms with Gasteiger partial charge in [-0.2, -0.15) is 0 Å². The van der Waals surface area contributed by atoms with Crippen LogP contribution in [0.1, 0.15) is 15.2 Å². The summed E-state index contributed by atoms with van der Waals surface area (Å²) in [5.74, 6) is -3.27. The number of nitrogens with one attached hydrogen (secondary N) is 1. The van der Waals surface area contributed by atoms with Crippen LogP contribution < -0.4 is 5.32 Å². The number of thiophene rings is 1. The van der Waals surface area contributed by atoms with Gasteiger partial charge in [-0.25, -0.2) is 13.6 Å². The molecule has 2 N–H and O–H groups in total. The van der Waals surface area contributed by atoms with Crippen LogP contribution in [0.4, 0.5) is 14.5 Å². The zero-order valence-electron chi connectivity index (χ0n) is 9.41. The summed E-state index contributed by atoms with van der Waals surface area (Å²) in [6.45, 7) is 0.206. The van der Waals surface area contributed by atoms with Crippen molar-refractivity contribution in [2.45, 2.75) is 6.54 Å². The van der Waals surface area contributed by atoms with E-state index in [1.54, 1.807) is 12.1 Å². The van der Waals surface area contributed by atoms with Crippen LogP contribution in [0.5, 0.6) is 0 Å². The molecule has 0 aliphatic heterocycles. The molecule has 0 bridgehead atoms. The molecule has 100 valence electrons. The molecule has 0 aliphatic rings. The standard InChI is InChI=1S/C12H8ClF2NO2S/c13-10-2-1-7(19-10)5-16-11-8(14)3-6(12(17)18)4-9(11)15/h1-4,16H,5H2,(H,17,18). The molecule has 1 heterocycles. The Kier molecular flexibility index (Phi) is 4.01. The monoisotopic (exact) mass is 303 g/mol. The molecule has 19 heavy (non-hydrogen) atoms. The summed E-state index contributed by atoms with van der Waals surface area (Å²) in [4.78, 5) is 11.4. The summed E-state index contributed by atoms with van der Waals surface area (Å²) in [6, 6.07) is 4.97. The number of halogens is 3. The van der Waals surface area contributed by atoms with E-state index in [1.165, 1.54) is 11.3 Å².